The van der Waals surface area contributed by atoms with E-state index in [4.69, 9.17) is 10.9 Å². The van der Waals surface area contributed by atoms with E-state index in [1.807, 2.05) is 24.3 Å². The van der Waals surface area contributed by atoms with Crippen LogP contribution in [0.1, 0.15) is 5.56 Å². The third kappa shape index (κ3) is 1.63. The lowest BCUT2D eigenvalue weighted by atomic mass is 10.1. The van der Waals surface area contributed by atoms with Gasteiger partial charge in [0.05, 0.1) is 11.1 Å². The van der Waals surface area contributed by atoms with Gasteiger partial charge in [-0.15, -0.1) is 10.2 Å². The number of oxime groups is 1. The zero-order valence-electron chi connectivity index (χ0n) is 7.55. The van der Waals surface area contributed by atoms with E-state index in [0.717, 1.165) is 5.39 Å². The van der Waals surface area contributed by atoms with E-state index in [1.165, 1.54) is 0 Å². The van der Waals surface area contributed by atoms with Crippen molar-refractivity contribution in [3.8, 4) is 0 Å². The SMILES string of the molecule is NC(=NO)c1c(Br)nnc2ccccc12. The normalized spacial score (nSPS) is 11.9. The monoisotopic (exact) mass is 266 g/mol. The highest BCUT2D eigenvalue weighted by Gasteiger charge is 2.11. The Balaban J connectivity index is 2.86. The highest BCUT2D eigenvalue weighted by molar-refractivity contribution is 9.10. The maximum atomic E-state index is 8.67. The maximum Gasteiger partial charge on any atom is 0.173 e. The van der Waals surface area contributed by atoms with Gasteiger partial charge in [0, 0.05) is 5.39 Å². The Morgan fingerprint density at radius 3 is 2.80 bits per heavy atom. The molecule has 0 fully saturated rings. The molecule has 1 heterocycles. The minimum Gasteiger partial charge on any atom is -0.409 e. The molecule has 0 radical (unpaired) electrons. The molecule has 2 rings (SSSR count). The summed E-state index contributed by atoms with van der Waals surface area (Å²) in [4.78, 5) is 0. The van der Waals surface area contributed by atoms with Crippen LogP contribution < -0.4 is 5.73 Å². The van der Waals surface area contributed by atoms with E-state index in [0.29, 0.717) is 15.7 Å². The third-order valence-corrected chi connectivity index (χ3v) is 2.54. The number of hydrogen-bond acceptors (Lipinski definition) is 4. The zero-order valence-corrected chi connectivity index (χ0v) is 9.14. The van der Waals surface area contributed by atoms with Crippen LogP contribution in [0.3, 0.4) is 0 Å². The Morgan fingerprint density at radius 1 is 1.33 bits per heavy atom. The fourth-order valence-corrected chi connectivity index (χ4v) is 1.82. The average Bonchev–Trinajstić information content (AvgIpc) is 2.28. The molecular weight excluding hydrogens is 260 g/mol. The number of fused-ring (bicyclic) bond motifs is 1. The van der Waals surface area contributed by atoms with Crippen LogP contribution in [0.25, 0.3) is 10.9 Å². The number of rotatable bonds is 1. The van der Waals surface area contributed by atoms with Gasteiger partial charge in [0.2, 0.25) is 0 Å². The first-order valence-electron chi connectivity index (χ1n) is 4.13. The van der Waals surface area contributed by atoms with E-state index >= 15 is 0 Å². The molecule has 0 aliphatic rings. The molecule has 0 unspecified atom stereocenters. The molecule has 1 aromatic heterocycles. The van der Waals surface area contributed by atoms with Crippen molar-refractivity contribution < 1.29 is 5.21 Å². The minimum atomic E-state index is 0.00738. The summed E-state index contributed by atoms with van der Waals surface area (Å²) in [5.74, 6) is 0.00738. The third-order valence-electron chi connectivity index (χ3n) is 1.99. The van der Waals surface area contributed by atoms with Gasteiger partial charge in [-0.3, -0.25) is 0 Å². The van der Waals surface area contributed by atoms with Crippen molar-refractivity contribution in [3.05, 3.63) is 34.4 Å². The lowest BCUT2D eigenvalue weighted by Crippen LogP contribution is -2.15. The van der Waals surface area contributed by atoms with Crippen molar-refractivity contribution >= 4 is 32.7 Å². The van der Waals surface area contributed by atoms with Gasteiger partial charge in [-0.05, 0) is 22.0 Å². The molecule has 5 nitrogen and oxygen atoms in total. The molecular formula is C9H7BrN4O. The lowest BCUT2D eigenvalue weighted by Gasteiger charge is -2.04. The molecule has 0 aliphatic heterocycles. The molecule has 0 bridgehead atoms. The summed E-state index contributed by atoms with van der Waals surface area (Å²) in [7, 11) is 0. The molecule has 3 N–H and O–H groups in total. The Kier molecular flexibility index (Phi) is 2.51. The second-order valence-corrected chi connectivity index (χ2v) is 3.62. The Labute approximate surface area is 93.7 Å². The van der Waals surface area contributed by atoms with Gasteiger partial charge in [-0.1, -0.05) is 23.4 Å². The van der Waals surface area contributed by atoms with Gasteiger partial charge in [-0.25, -0.2) is 0 Å². The van der Waals surface area contributed by atoms with Crippen LogP contribution in [0.15, 0.2) is 34.0 Å². The second kappa shape index (κ2) is 3.82. The molecule has 2 aromatic rings. The topological polar surface area (TPSA) is 84.4 Å². The van der Waals surface area contributed by atoms with E-state index in [-0.39, 0.29) is 5.84 Å². The van der Waals surface area contributed by atoms with E-state index in [9.17, 15) is 0 Å². The first-order valence-corrected chi connectivity index (χ1v) is 4.92. The number of nitrogens with zero attached hydrogens (tertiary/aromatic N) is 3. The Morgan fingerprint density at radius 2 is 2.07 bits per heavy atom. The molecule has 0 saturated heterocycles. The molecule has 0 saturated carbocycles. The van der Waals surface area contributed by atoms with Gasteiger partial charge in [-0.2, -0.15) is 0 Å². The predicted molar refractivity (Wildman–Crippen MR) is 59.7 cm³/mol. The van der Waals surface area contributed by atoms with Crippen molar-refractivity contribution in [2.24, 2.45) is 10.9 Å². The smallest absolute Gasteiger partial charge is 0.173 e. The standard InChI is InChI=1S/C9H7BrN4O/c10-8-7(9(11)14-15)5-3-1-2-4-6(5)12-13-8/h1-4,15H,(H2,11,14). The lowest BCUT2D eigenvalue weighted by molar-refractivity contribution is 0.318. The molecule has 0 amide bonds. The van der Waals surface area contributed by atoms with Crippen LogP contribution in [0.4, 0.5) is 0 Å². The van der Waals surface area contributed by atoms with Crippen LogP contribution in [0, 0.1) is 0 Å². The van der Waals surface area contributed by atoms with Crippen LogP contribution in [-0.2, 0) is 0 Å². The number of benzene rings is 1. The molecule has 1 aromatic carbocycles. The summed E-state index contributed by atoms with van der Waals surface area (Å²) < 4.78 is 0.455. The number of amidine groups is 1. The van der Waals surface area contributed by atoms with Gasteiger partial charge in [0.15, 0.2) is 5.84 Å². The molecule has 76 valence electrons. The van der Waals surface area contributed by atoms with Crippen molar-refractivity contribution in [1.82, 2.24) is 10.2 Å². The number of nitrogens with two attached hydrogens (primary N) is 1. The molecule has 0 spiro atoms. The largest absolute Gasteiger partial charge is 0.409 e. The van der Waals surface area contributed by atoms with Crippen molar-refractivity contribution in [2.45, 2.75) is 0 Å². The quantitative estimate of drug-likeness (QED) is 0.355. The Bertz CT molecular complexity index is 541. The van der Waals surface area contributed by atoms with Crippen LogP contribution in [-0.4, -0.2) is 21.2 Å². The van der Waals surface area contributed by atoms with Crippen LogP contribution in [0.2, 0.25) is 0 Å². The number of aromatic nitrogens is 2. The fraction of sp³-hybridized carbons (Fsp3) is 0. The molecule has 6 heteroatoms. The van der Waals surface area contributed by atoms with Crippen molar-refractivity contribution in [3.63, 3.8) is 0 Å². The number of hydrogen-bond donors (Lipinski definition) is 2. The van der Waals surface area contributed by atoms with E-state index in [1.54, 1.807) is 0 Å². The molecule has 0 aliphatic carbocycles. The summed E-state index contributed by atoms with van der Waals surface area (Å²) in [6, 6.07) is 7.34. The van der Waals surface area contributed by atoms with Gasteiger partial charge >= 0.3 is 0 Å². The molecule has 15 heavy (non-hydrogen) atoms. The first kappa shape index (κ1) is 9.85. The second-order valence-electron chi connectivity index (χ2n) is 2.87. The first-order chi connectivity index (χ1) is 7.24. The van der Waals surface area contributed by atoms with Gasteiger partial charge in [0.25, 0.3) is 0 Å². The highest BCUT2D eigenvalue weighted by Crippen LogP contribution is 2.21. The van der Waals surface area contributed by atoms with Gasteiger partial charge < -0.3 is 10.9 Å². The summed E-state index contributed by atoms with van der Waals surface area (Å²) in [5, 5.41) is 20.3. The zero-order chi connectivity index (χ0) is 10.8. The van der Waals surface area contributed by atoms with Crippen LogP contribution in [0.5, 0.6) is 0 Å². The van der Waals surface area contributed by atoms with E-state index in [2.05, 4.69) is 31.3 Å². The maximum absolute atomic E-state index is 8.67. The number of halogens is 1. The molecule has 0 atom stereocenters. The van der Waals surface area contributed by atoms with Crippen molar-refractivity contribution in [1.29, 1.82) is 0 Å². The highest BCUT2D eigenvalue weighted by atomic mass is 79.9. The summed E-state index contributed by atoms with van der Waals surface area (Å²) in [5.41, 5.74) is 6.80. The van der Waals surface area contributed by atoms with E-state index < -0.39 is 0 Å². The predicted octanol–water partition coefficient (Wildman–Crippen LogP) is 1.49. The summed E-state index contributed by atoms with van der Waals surface area (Å²) in [6.07, 6.45) is 0. The van der Waals surface area contributed by atoms with Crippen LogP contribution >= 0.6 is 15.9 Å². The summed E-state index contributed by atoms with van der Waals surface area (Å²) in [6.45, 7) is 0. The van der Waals surface area contributed by atoms with Crippen molar-refractivity contribution in [2.75, 3.05) is 0 Å². The average molecular weight is 267 g/mol. The fourth-order valence-electron chi connectivity index (χ4n) is 1.32. The summed E-state index contributed by atoms with van der Waals surface area (Å²) >= 11 is 3.21. The van der Waals surface area contributed by atoms with Gasteiger partial charge in [0.1, 0.15) is 4.60 Å². The Hall–Kier alpha value is -1.69. The minimum absolute atomic E-state index is 0.00738.